The average Bonchev–Trinajstić information content (AvgIpc) is 2.35. The van der Waals surface area contributed by atoms with E-state index in [9.17, 15) is 4.79 Å². The second kappa shape index (κ2) is 7.09. The maximum absolute atomic E-state index is 12.2. The van der Waals surface area contributed by atoms with Gasteiger partial charge in [-0.05, 0) is 20.3 Å². The molecule has 0 aromatic heterocycles. The Labute approximate surface area is 104 Å². The molecule has 0 N–H and O–H groups in total. The molecule has 4 nitrogen and oxygen atoms in total. The molecule has 0 spiro atoms. The highest BCUT2D eigenvalue weighted by molar-refractivity contribution is 5.85. The fourth-order valence-corrected chi connectivity index (χ4v) is 2.06. The summed E-state index contributed by atoms with van der Waals surface area (Å²) in [6.45, 7) is 9.21. The second-order valence-electron chi connectivity index (χ2n) is 5.03. The van der Waals surface area contributed by atoms with Crippen molar-refractivity contribution in [3.05, 3.63) is 0 Å². The molecule has 0 amide bonds. The molecule has 2 unspecified atom stereocenters. The van der Waals surface area contributed by atoms with Gasteiger partial charge in [0.2, 0.25) is 0 Å². The topological polar surface area (TPSA) is 38.8 Å². The Kier molecular flexibility index (Phi) is 6.09. The van der Waals surface area contributed by atoms with E-state index in [1.54, 1.807) is 7.11 Å². The van der Waals surface area contributed by atoms with Crippen LogP contribution in [0.1, 0.15) is 27.2 Å². The number of rotatable bonds is 6. The molecule has 0 aromatic rings. The molecule has 1 saturated heterocycles. The lowest BCUT2D eigenvalue weighted by Crippen LogP contribution is -2.49. The smallest absolute Gasteiger partial charge is 0.165 e. The monoisotopic (exact) mass is 243 g/mol. The van der Waals surface area contributed by atoms with E-state index in [0.29, 0.717) is 19.3 Å². The lowest BCUT2D eigenvalue weighted by Gasteiger charge is -2.35. The van der Waals surface area contributed by atoms with Gasteiger partial charge in [-0.15, -0.1) is 0 Å². The minimum absolute atomic E-state index is 0.0204. The number of methoxy groups -OCH3 is 1. The van der Waals surface area contributed by atoms with Crippen molar-refractivity contribution in [2.24, 2.45) is 5.92 Å². The first-order valence-electron chi connectivity index (χ1n) is 6.44. The number of morpholine rings is 1. The van der Waals surface area contributed by atoms with Crippen LogP contribution in [0.4, 0.5) is 0 Å². The summed E-state index contributed by atoms with van der Waals surface area (Å²) in [7, 11) is 1.66. The molecule has 1 fully saturated rings. The van der Waals surface area contributed by atoms with Crippen molar-refractivity contribution in [2.45, 2.75) is 39.3 Å². The predicted octanol–water partition coefficient (Wildman–Crippen LogP) is 1.34. The van der Waals surface area contributed by atoms with Crippen LogP contribution in [-0.4, -0.2) is 56.2 Å². The van der Waals surface area contributed by atoms with E-state index in [0.717, 1.165) is 19.5 Å². The van der Waals surface area contributed by atoms with Crippen molar-refractivity contribution in [2.75, 3.05) is 33.4 Å². The van der Waals surface area contributed by atoms with E-state index >= 15 is 0 Å². The zero-order valence-electron chi connectivity index (χ0n) is 11.4. The summed E-state index contributed by atoms with van der Waals surface area (Å²) in [6.07, 6.45) is 0.523. The molecule has 0 bridgehead atoms. The quantitative estimate of drug-likeness (QED) is 0.705. The molecule has 2 atom stereocenters. The molecular weight excluding hydrogens is 218 g/mol. The van der Waals surface area contributed by atoms with Crippen molar-refractivity contribution in [3.8, 4) is 0 Å². The molecule has 1 heterocycles. The van der Waals surface area contributed by atoms with Crippen LogP contribution in [0.3, 0.4) is 0 Å². The van der Waals surface area contributed by atoms with E-state index in [4.69, 9.17) is 9.47 Å². The zero-order valence-corrected chi connectivity index (χ0v) is 11.4. The molecule has 1 aliphatic heterocycles. The summed E-state index contributed by atoms with van der Waals surface area (Å²) in [5.74, 6) is 0.236. The largest absolute Gasteiger partial charge is 0.385 e. The van der Waals surface area contributed by atoms with E-state index < -0.39 is 0 Å². The Hall–Kier alpha value is -0.450. The summed E-state index contributed by atoms with van der Waals surface area (Å²) in [5.41, 5.74) is 0. The number of hydrogen-bond acceptors (Lipinski definition) is 4. The molecule has 1 aliphatic rings. The highest BCUT2D eigenvalue weighted by Gasteiger charge is 2.30. The molecule has 0 aliphatic carbocycles. The van der Waals surface area contributed by atoms with Crippen LogP contribution in [0, 0.1) is 5.92 Å². The van der Waals surface area contributed by atoms with Gasteiger partial charge in [-0.3, -0.25) is 9.69 Å². The van der Waals surface area contributed by atoms with Crippen LogP contribution < -0.4 is 0 Å². The van der Waals surface area contributed by atoms with Gasteiger partial charge in [0.15, 0.2) is 5.78 Å². The molecule has 4 heteroatoms. The first-order chi connectivity index (χ1) is 8.06. The highest BCUT2D eigenvalue weighted by atomic mass is 16.5. The van der Waals surface area contributed by atoms with Crippen LogP contribution in [0.25, 0.3) is 0 Å². The first-order valence-corrected chi connectivity index (χ1v) is 6.44. The van der Waals surface area contributed by atoms with Gasteiger partial charge >= 0.3 is 0 Å². The van der Waals surface area contributed by atoms with Crippen LogP contribution in [-0.2, 0) is 14.3 Å². The molecule has 17 heavy (non-hydrogen) atoms. The molecule has 0 saturated carbocycles. The van der Waals surface area contributed by atoms with Gasteiger partial charge < -0.3 is 9.47 Å². The van der Waals surface area contributed by atoms with Crippen LogP contribution in [0.2, 0.25) is 0 Å². The third-order valence-corrected chi connectivity index (χ3v) is 3.39. The maximum Gasteiger partial charge on any atom is 0.165 e. The third-order valence-electron chi connectivity index (χ3n) is 3.39. The van der Waals surface area contributed by atoms with Crippen molar-refractivity contribution in [3.63, 3.8) is 0 Å². The van der Waals surface area contributed by atoms with Crippen molar-refractivity contribution in [1.82, 2.24) is 4.90 Å². The number of ether oxygens (including phenoxy) is 2. The van der Waals surface area contributed by atoms with Gasteiger partial charge in [0.05, 0.1) is 6.61 Å². The van der Waals surface area contributed by atoms with Gasteiger partial charge in [-0.2, -0.15) is 0 Å². The number of ketones is 1. The van der Waals surface area contributed by atoms with E-state index in [1.807, 2.05) is 6.92 Å². The second-order valence-corrected chi connectivity index (χ2v) is 5.03. The Morgan fingerprint density at radius 3 is 2.76 bits per heavy atom. The third kappa shape index (κ3) is 4.37. The molecule has 0 aromatic carbocycles. The van der Waals surface area contributed by atoms with Crippen molar-refractivity contribution >= 4 is 5.78 Å². The zero-order chi connectivity index (χ0) is 12.8. The Morgan fingerprint density at radius 1 is 1.47 bits per heavy atom. The molecule has 100 valence electrons. The summed E-state index contributed by atoms with van der Waals surface area (Å²) >= 11 is 0. The molecule has 0 radical (unpaired) electrons. The standard InChI is InChI=1S/C13H25NO3/c1-10(2)14-6-8-17-12(9-14)13(15)11(3)5-7-16-4/h10-12H,5-9H2,1-4H3. The summed E-state index contributed by atoms with van der Waals surface area (Å²) in [5, 5.41) is 0. The number of nitrogens with zero attached hydrogens (tertiary/aromatic N) is 1. The molecular formula is C13H25NO3. The maximum atomic E-state index is 12.2. The minimum Gasteiger partial charge on any atom is -0.385 e. The Morgan fingerprint density at radius 2 is 2.18 bits per heavy atom. The van der Waals surface area contributed by atoms with Gasteiger partial charge in [0, 0.05) is 38.8 Å². The lowest BCUT2D eigenvalue weighted by atomic mass is 9.97. The number of hydrogen-bond donors (Lipinski definition) is 0. The van der Waals surface area contributed by atoms with Gasteiger partial charge in [-0.25, -0.2) is 0 Å². The summed E-state index contributed by atoms with van der Waals surface area (Å²) in [6, 6.07) is 0.475. The summed E-state index contributed by atoms with van der Waals surface area (Å²) < 4.78 is 10.6. The fraction of sp³-hybridized carbons (Fsp3) is 0.923. The minimum atomic E-state index is -0.252. The number of carbonyl (C=O) groups excluding carboxylic acids is 1. The van der Waals surface area contributed by atoms with Gasteiger partial charge in [0.1, 0.15) is 6.10 Å². The first kappa shape index (κ1) is 14.6. The van der Waals surface area contributed by atoms with Crippen LogP contribution in [0.5, 0.6) is 0 Å². The lowest BCUT2D eigenvalue weighted by molar-refractivity contribution is -0.141. The highest BCUT2D eigenvalue weighted by Crippen LogP contribution is 2.15. The number of carbonyl (C=O) groups is 1. The predicted molar refractivity (Wildman–Crippen MR) is 67.1 cm³/mol. The van der Waals surface area contributed by atoms with E-state index in [-0.39, 0.29) is 17.8 Å². The SMILES string of the molecule is COCCC(C)C(=O)C1CN(C(C)C)CCO1. The fourth-order valence-electron chi connectivity index (χ4n) is 2.06. The van der Waals surface area contributed by atoms with E-state index in [2.05, 4.69) is 18.7 Å². The van der Waals surface area contributed by atoms with Gasteiger partial charge in [-0.1, -0.05) is 6.92 Å². The van der Waals surface area contributed by atoms with Crippen molar-refractivity contribution in [1.29, 1.82) is 0 Å². The summed E-state index contributed by atoms with van der Waals surface area (Å²) in [4.78, 5) is 14.5. The van der Waals surface area contributed by atoms with Gasteiger partial charge in [0.25, 0.3) is 0 Å². The Balaban J connectivity index is 2.45. The Bertz CT molecular complexity index is 243. The normalized spacial score (nSPS) is 23.9. The van der Waals surface area contributed by atoms with E-state index in [1.165, 1.54) is 0 Å². The van der Waals surface area contributed by atoms with Crippen LogP contribution >= 0.6 is 0 Å². The molecule has 1 rings (SSSR count). The van der Waals surface area contributed by atoms with Crippen molar-refractivity contribution < 1.29 is 14.3 Å². The average molecular weight is 243 g/mol. The van der Waals surface area contributed by atoms with Crippen LogP contribution in [0.15, 0.2) is 0 Å². The number of Topliss-reactive ketones (excluding diaryl/α,β-unsaturated/α-hetero) is 1.